The Hall–Kier alpha value is -1.93. The standard InChI is InChI=1S/C17H20FN3O/c18-13-4-1-11(2-5-13)7-14(20)9-17(22)21-15-6-3-12(8-15)16(21)10-19/h1-2,4-5,12,14-16H,3,6-9,20H2/t12?,14-,15?,16?/m1/s1. The van der Waals surface area contributed by atoms with Crippen LogP contribution in [0.2, 0.25) is 0 Å². The van der Waals surface area contributed by atoms with Gasteiger partial charge >= 0.3 is 0 Å². The molecule has 0 radical (unpaired) electrons. The minimum atomic E-state index is -0.309. The molecule has 2 N–H and O–H groups in total. The van der Waals surface area contributed by atoms with Crippen molar-refractivity contribution in [3.63, 3.8) is 0 Å². The first kappa shape index (κ1) is 15.0. The number of fused-ring (bicyclic) bond motifs is 2. The number of carbonyl (C=O) groups excluding carboxylic acids is 1. The average molecular weight is 301 g/mol. The number of nitrogens with zero attached hydrogens (tertiary/aromatic N) is 2. The smallest absolute Gasteiger partial charge is 0.225 e. The van der Waals surface area contributed by atoms with Gasteiger partial charge in [-0.15, -0.1) is 0 Å². The summed E-state index contributed by atoms with van der Waals surface area (Å²) >= 11 is 0. The van der Waals surface area contributed by atoms with Crippen molar-refractivity contribution in [3.05, 3.63) is 35.6 Å². The van der Waals surface area contributed by atoms with Crippen LogP contribution in [0.1, 0.15) is 31.2 Å². The fourth-order valence-corrected chi connectivity index (χ4v) is 3.84. The van der Waals surface area contributed by atoms with Crippen LogP contribution in [0.3, 0.4) is 0 Å². The molecule has 1 aliphatic carbocycles. The van der Waals surface area contributed by atoms with Crippen molar-refractivity contribution < 1.29 is 9.18 Å². The Morgan fingerprint density at radius 2 is 2.14 bits per heavy atom. The zero-order valence-corrected chi connectivity index (χ0v) is 12.4. The molecule has 1 heterocycles. The normalized spacial score (nSPS) is 27.7. The van der Waals surface area contributed by atoms with Crippen LogP contribution in [-0.4, -0.2) is 28.9 Å². The molecular formula is C17H20FN3O. The largest absolute Gasteiger partial charge is 0.327 e. The van der Waals surface area contributed by atoms with Crippen LogP contribution in [0.15, 0.2) is 24.3 Å². The quantitative estimate of drug-likeness (QED) is 0.924. The number of amides is 1. The van der Waals surface area contributed by atoms with E-state index >= 15 is 0 Å². The average Bonchev–Trinajstić information content (AvgIpc) is 3.09. The van der Waals surface area contributed by atoms with Crippen molar-refractivity contribution in [2.45, 2.75) is 50.2 Å². The lowest BCUT2D eigenvalue weighted by molar-refractivity contribution is -0.134. The summed E-state index contributed by atoms with van der Waals surface area (Å²) in [6.45, 7) is 0. The van der Waals surface area contributed by atoms with Gasteiger partial charge < -0.3 is 10.6 Å². The number of halogens is 1. The van der Waals surface area contributed by atoms with Crippen molar-refractivity contribution in [1.82, 2.24) is 4.90 Å². The Morgan fingerprint density at radius 3 is 2.82 bits per heavy atom. The first-order valence-electron chi connectivity index (χ1n) is 7.79. The van der Waals surface area contributed by atoms with E-state index in [0.29, 0.717) is 12.3 Å². The molecule has 3 rings (SSSR count). The van der Waals surface area contributed by atoms with Crippen LogP contribution in [-0.2, 0) is 11.2 Å². The topological polar surface area (TPSA) is 70.1 Å². The first-order valence-corrected chi connectivity index (χ1v) is 7.79. The third-order valence-electron chi connectivity index (χ3n) is 4.85. The maximum absolute atomic E-state index is 12.9. The van der Waals surface area contributed by atoms with E-state index in [0.717, 1.165) is 24.8 Å². The van der Waals surface area contributed by atoms with Crippen LogP contribution < -0.4 is 5.73 Å². The summed E-state index contributed by atoms with van der Waals surface area (Å²) in [5.74, 6) is 0.0407. The SMILES string of the molecule is N#CC1C2CCC(C2)N1C(=O)C[C@H](N)Cc1ccc(F)cc1. The molecule has 22 heavy (non-hydrogen) atoms. The lowest BCUT2D eigenvalue weighted by Crippen LogP contribution is -2.46. The fourth-order valence-electron chi connectivity index (χ4n) is 3.84. The van der Waals surface area contributed by atoms with E-state index in [4.69, 9.17) is 5.73 Å². The van der Waals surface area contributed by atoms with E-state index in [-0.39, 0.29) is 36.3 Å². The summed E-state index contributed by atoms with van der Waals surface area (Å²) in [5, 5.41) is 9.29. The highest BCUT2D eigenvalue weighted by Crippen LogP contribution is 2.42. The van der Waals surface area contributed by atoms with Crippen molar-refractivity contribution in [2.75, 3.05) is 0 Å². The van der Waals surface area contributed by atoms with E-state index in [1.807, 2.05) is 0 Å². The maximum Gasteiger partial charge on any atom is 0.225 e. The van der Waals surface area contributed by atoms with Gasteiger partial charge in [0.1, 0.15) is 11.9 Å². The number of hydrogen-bond donors (Lipinski definition) is 1. The van der Waals surface area contributed by atoms with Crippen LogP contribution >= 0.6 is 0 Å². The highest BCUT2D eigenvalue weighted by molar-refractivity contribution is 5.78. The lowest BCUT2D eigenvalue weighted by atomic mass is 9.98. The fraction of sp³-hybridized carbons (Fsp3) is 0.529. The highest BCUT2D eigenvalue weighted by Gasteiger charge is 2.48. The molecular weight excluding hydrogens is 281 g/mol. The van der Waals surface area contributed by atoms with Gasteiger partial charge in [0, 0.05) is 18.5 Å². The summed E-state index contributed by atoms with van der Waals surface area (Å²) in [6, 6.07) is 8.09. The van der Waals surface area contributed by atoms with Crippen LogP contribution in [0, 0.1) is 23.1 Å². The van der Waals surface area contributed by atoms with Crippen molar-refractivity contribution in [3.8, 4) is 6.07 Å². The molecule has 4 nitrogen and oxygen atoms in total. The molecule has 1 saturated carbocycles. The van der Waals surface area contributed by atoms with Gasteiger partial charge in [-0.2, -0.15) is 5.26 Å². The molecule has 5 heteroatoms. The molecule has 4 atom stereocenters. The second-order valence-electron chi connectivity index (χ2n) is 6.40. The Labute approximate surface area is 129 Å². The molecule has 1 aromatic carbocycles. The maximum atomic E-state index is 12.9. The molecule has 2 fully saturated rings. The van der Waals surface area contributed by atoms with Crippen molar-refractivity contribution in [1.29, 1.82) is 5.26 Å². The van der Waals surface area contributed by atoms with Crippen molar-refractivity contribution >= 4 is 5.91 Å². The molecule has 116 valence electrons. The second kappa shape index (κ2) is 6.05. The Balaban J connectivity index is 1.59. The summed E-state index contributed by atoms with van der Waals surface area (Å²) in [4.78, 5) is 14.3. The Bertz CT molecular complexity index is 595. The summed E-state index contributed by atoms with van der Waals surface area (Å²) in [5.41, 5.74) is 6.99. The predicted molar refractivity (Wildman–Crippen MR) is 80.1 cm³/mol. The molecule has 0 aromatic heterocycles. The van der Waals surface area contributed by atoms with Gasteiger partial charge in [0.05, 0.1) is 6.07 Å². The third-order valence-corrected chi connectivity index (χ3v) is 4.85. The molecule has 1 saturated heterocycles. The second-order valence-corrected chi connectivity index (χ2v) is 6.40. The lowest BCUT2D eigenvalue weighted by Gasteiger charge is -2.32. The van der Waals surface area contributed by atoms with Gasteiger partial charge in [-0.3, -0.25) is 4.79 Å². The van der Waals surface area contributed by atoms with E-state index in [1.165, 1.54) is 12.1 Å². The van der Waals surface area contributed by atoms with Gasteiger partial charge in [0.25, 0.3) is 0 Å². The van der Waals surface area contributed by atoms with E-state index in [9.17, 15) is 14.4 Å². The number of carbonyl (C=O) groups is 1. The zero-order chi connectivity index (χ0) is 15.7. The number of piperidine rings is 1. The minimum Gasteiger partial charge on any atom is -0.327 e. The molecule has 2 bridgehead atoms. The number of nitriles is 1. The van der Waals surface area contributed by atoms with Gasteiger partial charge in [-0.1, -0.05) is 12.1 Å². The first-order chi connectivity index (χ1) is 10.6. The minimum absolute atomic E-state index is 0.0200. The molecule has 2 aliphatic rings. The molecule has 3 unspecified atom stereocenters. The van der Waals surface area contributed by atoms with Crippen LogP contribution in [0.25, 0.3) is 0 Å². The molecule has 1 aromatic rings. The van der Waals surface area contributed by atoms with Gasteiger partial charge in [-0.25, -0.2) is 4.39 Å². The number of rotatable bonds is 4. The van der Waals surface area contributed by atoms with Gasteiger partial charge in [-0.05, 0) is 49.3 Å². The van der Waals surface area contributed by atoms with Crippen LogP contribution in [0.4, 0.5) is 4.39 Å². The van der Waals surface area contributed by atoms with E-state index < -0.39 is 0 Å². The predicted octanol–water partition coefficient (Wildman–Crippen LogP) is 1.99. The number of benzene rings is 1. The third kappa shape index (κ3) is 2.84. The van der Waals surface area contributed by atoms with Crippen molar-refractivity contribution in [2.24, 2.45) is 11.7 Å². The Kier molecular flexibility index (Phi) is 4.12. The molecule has 1 amide bonds. The zero-order valence-electron chi connectivity index (χ0n) is 12.4. The van der Waals surface area contributed by atoms with Gasteiger partial charge in [0.15, 0.2) is 0 Å². The Morgan fingerprint density at radius 1 is 1.41 bits per heavy atom. The van der Waals surface area contributed by atoms with Gasteiger partial charge in [0.2, 0.25) is 5.91 Å². The summed E-state index contributed by atoms with van der Waals surface area (Å²) in [6.07, 6.45) is 3.78. The van der Waals surface area contributed by atoms with E-state index in [2.05, 4.69) is 6.07 Å². The highest BCUT2D eigenvalue weighted by atomic mass is 19.1. The monoisotopic (exact) mass is 301 g/mol. The number of likely N-dealkylation sites (tertiary alicyclic amines) is 1. The summed E-state index contributed by atoms with van der Waals surface area (Å²) < 4.78 is 12.9. The summed E-state index contributed by atoms with van der Waals surface area (Å²) in [7, 11) is 0. The van der Waals surface area contributed by atoms with Crippen LogP contribution in [0.5, 0.6) is 0 Å². The molecule has 0 spiro atoms. The number of hydrogen-bond acceptors (Lipinski definition) is 3. The number of nitrogens with two attached hydrogens (primary N) is 1. The molecule has 1 aliphatic heterocycles. The van der Waals surface area contributed by atoms with E-state index in [1.54, 1.807) is 17.0 Å².